The van der Waals surface area contributed by atoms with Crippen molar-refractivity contribution in [3.05, 3.63) is 77.7 Å². The van der Waals surface area contributed by atoms with Crippen LogP contribution in [0.5, 0.6) is 0 Å². The number of methoxy groups -OCH3 is 1. The highest BCUT2D eigenvalue weighted by Crippen LogP contribution is 2.26. The first-order valence-electron chi connectivity index (χ1n) is 11.3. The van der Waals surface area contributed by atoms with Crippen LogP contribution in [0.15, 0.2) is 60.8 Å². The van der Waals surface area contributed by atoms with Crippen molar-refractivity contribution in [1.82, 2.24) is 14.9 Å². The lowest BCUT2D eigenvalue weighted by molar-refractivity contribution is -0.141. The molecule has 1 amide bonds. The molecule has 0 aliphatic heterocycles. The molecule has 0 spiro atoms. The van der Waals surface area contributed by atoms with Crippen LogP contribution < -0.4 is 5.32 Å². The lowest BCUT2D eigenvalue weighted by atomic mass is 9.96. The van der Waals surface area contributed by atoms with Crippen molar-refractivity contribution >= 4 is 12.1 Å². The second-order valence-electron chi connectivity index (χ2n) is 9.39. The molecule has 34 heavy (non-hydrogen) atoms. The van der Waals surface area contributed by atoms with Crippen LogP contribution in [0.2, 0.25) is 0 Å². The molecule has 1 atom stereocenters. The number of amides is 1. The van der Waals surface area contributed by atoms with Crippen LogP contribution in [-0.2, 0) is 39.8 Å². The van der Waals surface area contributed by atoms with Gasteiger partial charge in [0.05, 0.1) is 19.2 Å². The summed E-state index contributed by atoms with van der Waals surface area (Å²) < 4.78 is 12.2. The second-order valence-corrected chi connectivity index (χ2v) is 9.39. The van der Waals surface area contributed by atoms with Gasteiger partial charge in [0, 0.05) is 30.3 Å². The smallest absolute Gasteiger partial charge is 0.407 e. The van der Waals surface area contributed by atoms with Gasteiger partial charge in [0.15, 0.2) is 0 Å². The average molecular weight is 464 g/mol. The lowest BCUT2D eigenvalue weighted by Crippen LogP contribution is -2.38. The zero-order valence-electron chi connectivity index (χ0n) is 20.5. The summed E-state index contributed by atoms with van der Waals surface area (Å²) in [4.78, 5) is 29.1. The number of alkyl carbamates (subject to hydrolysis) is 1. The fraction of sp³-hybridized carbons (Fsp3) is 0.370. The molecule has 180 valence electrons. The number of nitrogens with zero attached hydrogens (tertiary/aromatic N) is 2. The summed E-state index contributed by atoms with van der Waals surface area (Å²) >= 11 is 0. The minimum Gasteiger partial charge on any atom is -0.469 e. The molecule has 0 aliphatic carbocycles. The van der Waals surface area contributed by atoms with Crippen molar-refractivity contribution in [1.29, 1.82) is 0 Å². The van der Waals surface area contributed by atoms with E-state index in [1.54, 1.807) is 0 Å². The van der Waals surface area contributed by atoms with E-state index >= 15 is 0 Å². The summed E-state index contributed by atoms with van der Waals surface area (Å²) in [5.41, 5.74) is 3.74. The number of benzene rings is 2. The molecule has 3 rings (SSSR count). The van der Waals surface area contributed by atoms with E-state index < -0.39 is 18.1 Å². The summed E-state index contributed by atoms with van der Waals surface area (Å²) in [5.74, 6) is 0.621. The molecule has 3 aromatic rings. The summed E-state index contributed by atoms with van der Waals surface area (Å²) in [6.45, 7) is 6.58. The van der Waals surface area contributed by atoms with Gasteiger partial charge in [-0.2, -0.15) is 0 Å². The highest BCUT2D eigenvalue weighted by molar-refractivity contribution is 5.72. The number of carbonyl (C=O) groups excluding carboxylic acids is 2. The highest BCUT2D eigenvalue weighted by Gasteiger charge is 2.21. The number of imidazole rings is 1. The van der Waals surface area contributed by atoms with Crippen LogP contribution in [-0.4, -0.2) is 34.8 Å². The van der Waals surface area contributed by atoms with Crippen LogP contribution in [0, 0.1) is 0 Å². The largest absolute Gasteiger partial charge is 0.469 e. The summed E-state index contributed by atoms with van der Waals surface area (Å²) in [6, 6.07) is 17.0. The van der Waals surface area contributed by atoms with Crippen LogP contribution in [0.3, 0.4) is 0 Å². The Kier molecular flexibility index (Phi) is 8.10. The molecule has 7 nitrogen and oxygen atoms in total. The van der Waals surface area contributed by atoms with Crippen LogP contribution in [0.4, 0.5) is 4.79 Å². The molecule has 0 saturated heterocycles. The summed E-state index contributed by atoms with van der Waals surface area (Å²) in [5, 5.41) is 2.80. The van der Waals surface area contributed by atoms with E-state index in [-0.39, 0.29) is 18.4 Å². The Bertz CT molecular complexity index is 1100. The number of hydrogen-bond acceptors (Lipinski definition) is 5. The molecule has 0 bridgehead atoms. The Balaban J connectivity index is 1.66. The molecular formula is C27H33N3O4. The molecule has 0 radical (unpaired) electrons. The molecule has 7 heteroatoms. The third-order valence-electron chi connectivity index (χ3n) is 5.45. The fourth-order valence-corrected chi connectivity index (χ4v) is 3.79. The molecule has 0 saturated carbocycles. The minimum atomic E-state index is -0.572. The Morgan fingerprint density at radius 1 is 1.03 bits per heavy atom. The Morgan fingerprint density at radius 3 is 2.29 bits per heavy atom. The van der Waals surface area contributed by atoms with E-state index in [1.165, 1.54) is 7.11 Å². The van der Waals surface area contributed by atoms with Crippen molar-refractivity contribution < 1.29 is 19.1 Å². The lowest BCUT2D eigenvalue weighted by Gasteiger charge is -2.18. The van der Waals surface area contributed by atoms with E-state index in [0.717, 1.165) is 28.2 Å². The van der Waals surface area contributed by atoms with Crippen LogP contribution in [0.25, 0.3) is 11.3 Å². The summed E-state index contributed by atoms with van der Waals surface area (Å²) in [7, 11) is 3.34. The van der Waals surface area contributed by atoms with Gasteiger partial charge in [0.25, 0.3) is 0 Å². The third-order valence-corrected chi connectivity index (χ3v) is 5.45. The van der Waals surface area contributed by atoms with Crippen molar-refractivity contribution in [2.45, 2.75) is 51.7 Å². The highest BCUT2D eigenvalue weighted by atomic mass is 16.5. The number of carbonyl (C=O) groups is 2. The normalized spacial score (nSPS) is 12.1. The third kappa shape index (κ3) is 6.94. The second kappa shape index (κ2) is 11.0. The van der Waals surface area contributed by atoms with Gasteiger partial charge < -0.3 is 19.4 Å². The van der Waals surface area contributed by atoms with E-state index in [4.69, 9.17) is 14.5 Å². The van der Waals surface area contributed by atoms with E-state index in [0.29, 0.717) is 6.42 Å². The zero-order chi connectivity index (χ0) is 24.7. The molecule has 1 aromatic heterocycles. The predicted molar refractivity (Wildman–Crippen MR) is 131 cm³/mol. The van der Waals surface area contributed by atoms with Gasteiger partial charge in [-0.25, -0.2) is 9.78 Å². The Hall–Kier alpha value is -3.61. The molecule has 0 aliphatic rings. The van der Waals surface area contributed by atoms with E-state index in [9.17, 15) is 9.59 Å². The topological polar surface area (TPSA) is 82.5 Å². The van der Waals surface area contributed by atoms with Gasteiger partial charge in [0.2, 0.25) is 0 Å². The molecule has 2 aromatic carbocycles. The molecular weight excluding hydrogens is 430 g/mol. The number of ether oxygens (including phenoxy) is 2. The standard InChI is InChI=1S/C27H33N3O4/c1-27(2,3)25-29-23(17-30(25)4)21-13-11-19(12-14-21)15-22(16-24(31)33-5)28-26(32)34-18-20-9-7-6-8-10-20/h6-14,17,22H,15-16,18H2,1-5H3,(H,28,32)/t22-/m0/s1. The average Bonchev–Trinajstić information content (AvgIpc) is 3.21. The van der Waals surface area contributed by atoms with Gasteiger partial charge in [0.1, 0.15) is 12.4 Å². The van der Waals surface area contributed by atoms with Crippen molar-refractivity contribution in [3.8, 4) is 11.3 Å². The number of nitrogens with one attached hydrogen (secondary N) is 1. The first-order valence-corrected chi connectivity index (χ1v) is 11.3. The minimum absolute atomic E-state index is 0.0468. The maximum atomic E-state index is 12.3. The van der Waals surface area contributed by atoms with Gasteiger partial charge in [-0.05, 0) is 17.5 Å². The van der Waals surface area contributed by atoms with E-state index in [1.807, 2.05) is 67.8 Å². The zero-order valence-corrected chi connectivity index (χ0v) is 20.5. The van der Waals surface area contributed by atoms with E-state index in [2.05, 4.69) is 30.7 Å². The van der Waals surface area contributed by atoms with Crippen LogP contribution >= 0.6 is 0 Å². The number of hydrogen-bond donors (Lipinski definition) is 1. The van der Waals surface area contributed by atoms with Gasteiger partial charge >= 0.3 is 12.1 Å². The number of esters is 1. The van der Waals surface area contributed by atoms with Crippen molar-refractivity contribution in [3.63, 3.8) is 0 Å². The Labute approximate surface area is 201 Å². The quantitative estimate of drug-likeness (QED) is 0.486. The van der Waals surface area contributed by atoms with Gasteiger partial charge in [-0.15, -0.1) is 0 Å². The van der Waals surface area contributed by atoms with Crippen molar-refractivity contribution in [2.24, 2.45) is 7.05 Å². The number of aromatic nitrogens is 2. The predicted octanol–water partition coefficient (Wildman–Crippen LogP) is 4.79. The van der Waals surface area contributed by atoms with Crippen molar-refractivity contribution in [2.75, 3.05) is 7.11 Å². The monoisotopic (exact) mass is 463 g/mol. The SMILES string of the molecule is COC(=O)C[C@H](Cc1ccc(-c2cn(C)c(C(C)(C)C)n2)cc1)NC(=O)OCc1ccccc1. The fourth-order valence-electron chi connectivity index (χ4n) is 3.79. The molecule has 0 unspecified atom stereocenters. The van der Waals surface area contributed by atoms with Gasteiger partial charge in [-0.3, -0.25) is 4.79 Å². The number of aryl methyl sites for hydroxylation is 1. The molecule has 0 fully saturated rings. The van der Waals surface area contributed by atoms with Gasteiger partial charge in [-0.1, -0.05) is 75.4 Å². The first-order chi connectivity index (χ1) is 16.2. The first kappa shape index (κ1) is 25.0. The summed E-state index contributed by atoms with van der Waals surface area (Å²) in [6.07, 6.45) is 1.97. The van der Waals surface area contributed by atoms with Crippen LogP contribution in [0.1, 0.15) is 44.1 Å². The molecule has 1 heterocycles. The maximum absolute atomic E-state index is 12.3. The maximum Gasteiger partial charge on any atom is 0.407 e. The number of rotatable bonds is 8. The molecule has 1 N–H and O–H groups in total. The Morgan fingerprint density at radius 2 is 1.71 bits per heavy atom.